The molecule has 0 aromatic heterocycles. The number of rotatable bonds is 3. The summed E-state index contributed by atoms with van der Waals surface area (Å²) in [5.41, 5.74) is 1.82. The van der Waals surface area contributed by atoms with Gasteiger partial charge in [0.1, 0.15) is 0 Å². The van der Waals surface area contributed by atoms with Crippen molar-refractivity contribution in [2.45, 2.75) is 38.9 Å². The summed E-state index contributed by atoms with van der Waals surface area (Å²) in [7, 11) is -3.25. The molecule has 2 atom stereocenters. The number of para-hydroxylation sites is 1. The number of hydrogen-bond donors (Lipinski definition) is 1. The number of likely N-dealkylation sites (tertiary alicyclic amines) is 1. The van der Waals surface area contributed by atoms with Gasteiger partial charge in [-0.15, -0.1) is 0 Å². The van der Waals surface area contributed by atoms with E-state index in [0.29, 0.717) is 38.5 Å². The maximum absolute atomic E-state index is 12.8. The number of anilines is 1. The van der Waals surface area contributed by atoms with Crippen LogP contribution < -0.4 is 5.32 Å². The van der Waals surface area contributed by atoms with Gasteiger partial charge in [0.2, 0.25) is 10.0 Å². The van der Waals surface area contributed by atoms with Crippen LogP contribution in [0.1, 0.15) is 32.3 Å². The van der Waals surface area contributed by atoms with Gasteiger partial charge in [-0.2, -0.15) is 0 Å². The van der Waals surface area contributed by atoms with Crippen LogP contribution in [0.3, 0.4) is 0 Å². The topological polar surface area (TPSA) is 69.7 Å². The number of nitrogens with one attached hydrogen (secondary N) is 1. The van der Waals surface area contributed by atoms with Gasteiger partial charge in [-0.3, -0.25) is 0 Å². The molecule has 0 saturated carbocycles. The van der Waals surface area contributed by atoms with Crippen molar-refractivity contribution in [1.29, 1.82) is 0 Å². The fraction of sp³-hybridized carbons (Fsp3) is 0.632. The van der Waals surface area contributed by atoms with Crippen LogP contribution in [-0.4, -0.2) is 55.1 Å². The summed E-state index contributed by atoms with van der Waals surface area (Å²) < 4.78 is 27.3. The number of carbonyl (C=O) groups excluding carboxylic acids is 1. The van der Waals surface area contributed by atoms with E-state index in [1.54, 1.807) is 9.21 Å². The molecule has 0 bridgehead atoms. The molecular formula is C19H29N3O3S. The van der Waals surface area contributed by atoms with Crippen LogP contribution in [0.5, 0.6) is 0 Å². The molecule has 2 saturated heterocycles. The molecular weight excluding hydrogens is 350 g/mol. The molecule has 1 aromatic rings. The standard InChI is InChI=1S/C19H29N3O3S/c1-14(2)12-22-13-16-8-10-21(11-9-18(16)26(22,24)25)19(23)20-17-7-5-4-6-15(17)3/h4-7,14,16,18H,8-13H2,1-3H3,(H,20,23)/t16-,18-/m1/s1. The summed E-state index contributed by atoms with van der Waals surface area (Å²) in [6.45, 7) is 8.31. The third kappa shape index (κ3) is 3.88. The Hall–Kier alpha value is -1.60. The Kier molecular flexibility index (Phi) is 5.58. The number of aryl methyl sites for hydroxylation is 1. The van der Waals surface area contributed by atoms with E-state index in [0.717, 1.165) is 17.7 Å². The van der Waals surface area contributed by atoms with E-state index in [-0.39, 0.29) is 17.2 Å². The molecule has 0 unspecified atom stereocenters. The monoisotopic (exact) mass is 379 g/mol. The number of nitrogens with zero attached hydrogens (tertiary/aromatic N) is 2. The van der Waals surface area contributed by atoms with Crippen LogP contribution in [0.15, 0.2) is 24.3 Å². The van der Waals surface area contributed by atoms with Crippen molar-refractivity contribution in [3.8, 4) is 0 Å². The zero-order chi connectivity index (χ0) is 18.9. The lowest BCUT2D eigenvalue weighted by atomic mass is 10.0. The molecule has 7 heteroatoms. The summed E-state index contributed by atoms with van der Waals surface area (Å²) in [6, 6.07) is 7.53. The maximum Gasteiger partial charge on any atom is 0.321 e. The molecule has 2 aliphatic heterocycles. The highest BCUT2D eigenvalue weighted by Crippen LogP contribution is 2.34. The number of hydrogen-bond acceptors (Lipinski definition) is 3. The van der Waals surface area contributed by atoms with E-state index < -0.39 is 10.0 Å². The maximum atomic E-state index is 12.8. The van der Waals surface area contributed by atoms with E-state index in [1.807, 2.05) is 45.0 Å². The lowest BCUT2D eigenvalue weighted by molar-refractivity contribution is 0.212. The van der Waals surface area contributed by atoms with Crippen LogP contribution in [0.25, 0.3) is 0 Å². The van der Waals surface area contributed by atoms with Crippen LogP contribution in [0.2, 0.25) is 0 Å². The highest BCUT2D eigenvalue weighted by molar-refractivity contribution is 7.90. The molecule has 0 spiro atoms. The van der Waals surface area contributed by atoms with Gasteiger partial charge in [0.25, 0.3) is 0 Å². The number of benzene rings is 1. The minimum absolute atomic E-state index is 0.120. The second kappa shape index (κ2) is 7.56. The number of fused-ring (bicyclic) bond motifs is 1. The second-order valence-corrected chi connectivity index (χ2v) is 10.0. The molecule has 0 aliphatic carbocycles. The smallest absolute Gasteiger partial charge is 0.321 e. The first kappa shape index (κ1) is 19.2. The van der Waals surface area contributed by atoms with E-state index in [9.17, 15) is 13.2 Å². The van der Waals surface area contributed by atoms with Crippen molar-refractivity contribution in [1.82, 2.24) is 9.21 Å². The second-order valence-electron chi connectivity index (χ2n) is 7.86. The van der Waals surface area contributed by atoms with Gasteiger partial charge in [-0.1, -0.05) is 32.0 Å². The van der Waals surface area contributed by atoms with Gasteiger partial charge in [-0.05, 0) is 43.2 Å². The van der Waals surface area contributed by atoms with Gasteiger partial charge in [-0.25, -0.2) is 17.5 Å². The van der Waals surface area contributed by atoms with Crippen molar-refractivity contribution in [2.75, 3.05) is 31.5 Å². The van der Waals surface area contributed by atoms with Gasteiger partial charge in [0.15, 0.2) is 0 Å². The highest BCUT2D eigenvalue weighted by atomic mass is 32.2. The molecule has 1 aromatic carbocycles. The number of amides is 2. The van der Waals surface area contributed by atoms with E-state index in [1.165, 1.54) is 0 Å². The Morgan fingerprint density at radius 2 is 1.92 bits per heavy atom. The van der Waals surface area contributed by atoms with Gasteiger partial charge in [0, 0.05) is 31.9 Å². The molecule has 26 heavy (non-hydrogen) atoms. The van der Waals surface area contributed by atoms with Crippen LogP contribution in [0.4, 0.5) is 10.5 Å². The average Bonchev–Trinajstić information content (AvgIpc) is 2.73. The predicted molar refractivity (Wildman–Crippen MR) is 104 cm³/mol. The van der Waals surface area contributed by atoms with Crippen LogP contribution in [0, 0.1) is 18.8 Å². The van der Waals surface area contributed by atoms with E-state index >= 15 is 0 Å². The third-order valence-electron chi connectivity index (χ3n) is 5.40. The fourth-order valence-electron chi connectivity index (χ4n) is 3.99. The number of urea groups is 1. The van der Waals surface area contributed by atoms with Crippen molar-refractivity contribution in [3.63, 3.8) is 0 Å². The van der Waals surface area contributed by atoms with E-state index in [4.69, 9.17) is 0 Å². The predicted octanol–water partition coefficient (Wildman–Crippen LogP) is 2.91. The molecule has 144 valence electrons. The van der Waals surface area contributed by atoms with E-state index in [2.05, 4.69) is 5.32 Å². The summed E-state index contributed by atoms with van der Waals surface area (Å²) in [5.74, 6) is 0.443. The first-order valence-corrected chi connectivity index (χ1v) is 10.9. The lowest BCUT2D eigenvalue weighted by Gasteiger charge is -2.23. The molecule has 3 rings (SSSR count). The van der Waals surface area contributed by atoms with Crippen LogP contribution in [-0.2, 0) is 10.0 Å². The van der Waals surface area contributed by atoms with Crippen molar-refractivity contribution >= 4 is 21.7 Å². The largest absolute Gasteiger partial charge is 0.324 e. The normalized spacial score (nSPS) is 25.8. The first-order valence-electron chi connectivity index (χ1n) is 9.39. The fourth-order valence-corrected chi connectivity index (χ4v) is 6.39. The summed E-state index contributed by atoms with van der Waals surface area (Å²) >= 11 is 0. The molecule has 2 heterocycles. The molecule has 6 nitrogen and oxygen atoms in total. The molecule has 2 aliphatic rings. The zero-order valence-electron chi connectivity index (χ0n) is 15.8. The Labute approximate surface area is 156 Å². The lowest BCUT2D eigenvalue weighted by Crippen LogP contribution is -2.38. The summed E-state index contributed by atoms with van der Waals surface area (Å²) in [5, 5.41) is 2.61. The molecule has 1 N–H and O–H groups in total. The number of carbonyl (C=O) groups is 1. The van der Waals surface area contributed by atoms with Crippen molar-refractivity contribution in [3.05, 3.63) is 29.8 Å². The average molecular weight is 380 g/mol. The van der Waals surface area contributed by atoms with Gasteiger partial charge in [0.05, 0.1) is 5.25 Å². The van der Waals surface area contributed by atoms with Crippen LogP contribution >= 0.6 is 0 Å². The Balaban J connectivity index is 1.65. The molecule has 0 radical (unpaired) electrons. The zero-order valence-corrected chi connectivity index (χ0v) is 16.6. The highest BCUT2D eigenvalue weighted by Gasteiger charge is 2.47. The van der Waals surface area contributed by atoms with Crippen molar-refractivity contribution < 1.29 is 13.2 Å². The minimum Gasteiger partial charge on any atom is -0.324 e. The number of sulfonamides is 1. The van der Waals surface area contributed by atoms with Gasteiger partial charge >= 0.3 is 6.03 Å². The summed E-state index contributed by atoms with van der Waals surface area (Å²) in [4.78, 5) is 14.4. The molecule has 2 amide bonds. The first-order chi connectivity index (χ1) is 12.3. The Morgan fingerprint density at radius 1 is 1.23 bits per heavy atom. The van der Waals surface area contributed by atoms with Crippen molar-refractivity contribution in [2.24, 2.45) is 11.8 Å². The van der Waals surface area contributed by atoms with Gasteiger partial charge < -0.3 is 10.2 Å². The molecule has 2 fully saturated rings. The summed E-state index contributed by atoms with van der Waals surface area (Å²) in [6.07, 6.45) is 1.25. The Bertz CT molecular complexity index is 763. The quantitative estimate of drug-likeness (QED) is 0.878. The SMILES string of the molecule is Cc1ccccc1NC(=O)N1CC[C@@H]2CN(CC(C)C)S(=O)(=O)[C@@H]2CC1. The Morgan fingerprint density at radius 3 is 2.62 bits per heavy atom. The minimum atomic E-state index is -3.25. The third-order valence-corrected chi connectivity index (χ3v) is 7.81.